The van der Waals surface area contributed by atoms with Crippen LogP contribution in [0.15, 0.2) is 18.2 Å². The summed E-state index contributed by atoms with van der Waals surface area (Å²) >= 11 is 0. The third-order valence-corrected chi connectivity index (χ3v) is 4.09. The molecule has 0 aliphatic heterocycles. The number of carbonyl (C=O) groups excluding carboxylic acids is 1. The van der Waals surface area contributed by atoms with Gasteiger partial charge in [0.1, 0.15) is 0 Å². The molecule has 6 heteroatoms. The molecule has 0 saturated heterocycles. The molecule has 1 aliphatic rings. The predicted octanol–water partition coefficient (Wildman–Crippen LogP) is 1.82. The van der Waals surface area contributed by atoms with Crippen LogP contribution in [0, 0.1) is 11.8 Å². The summed E-state index contributed by atoms with van der Waals surface area (Å²) in [5.74, 6) is -0.334. The lowest BCUT2D eigenvalue weighted by Gasteiger charge is -2.15. The van der Waals surface area contributed by atoms with Crippen molar-refractivity contribution in [2.45, 2.75) is 25.8 Å². The molecule has 2 atom stereocenters. The van der Waals surface area contributed by atoms with Crippen molar-refractivity contribution in [1.29, 1.82) is 0 Å². The number of para-hydroxylation sites is 1. The van der Waals surface area contributed by atoms with Crippen LogP contribution in [0.1, 0.15) is 24.8 Å². The van der Waals surface area contributed by atoms with E-state index in [0.29, 0.717) is 37.3 Å². The molecular formula is C16H21NO5. The molecule has 1 fully saturated rings. The number of rotatable bonds is 6. The number of benzene rings is 1. The van der Waals surface area contributed by atoms with Gasteiger partial charge in [-0.3, -0.25) is 9.59 Å². The first-order valence-corrected chi connectivity index (χ1v) is 7.27. The van der Waals surface area contributed by atoms with E-state index in [1.54, 1.807) is 20.3 Å². The number of carboxylic acid groups (broad SMARTS) is 1. The quantitative estimate of drug-likeness (QED) is 0.837. The Balaban J connectivity index is 1.96. The van der Waals surface area contributed by atoms with Gasteiger partial charge in [0.25, 0.3) is 0 Å². The average Bonchev–Trinajstić information content (AvgIpc) is 3.02. The number of carbonyl (C=O) groups is 2. The van der Waals surface area contributed by atoms with E-state index in [2.05, 4.69) is 5.32 Å². The molecule has 0 heterocycles. The maximum absolute atomic E-state index is 12.2. The predicted molar refractivity (Wildman–Crippen MR) is 79.9 cm³/mol. The number of aliphatic carboxylic acids is 1. The Morgan fingerprint density at radius 2 is 1.95 bits per heavy atom. The molecule has 2 rings (SSSR count). The van der Waals surface area contributed by atoms with Crippen LogP contribution >= 0.6 is 0 Å². The highest BCUT2D eigenvalue weighted by atomic mass is 16.5. The molecular weight excluding hydrogens is 286 g/mol. The van der Waals surface area contributed by atoms with Crippen molar-refractivity contribution in [3.8, 4) is 11.5 Å². The molecule has 0 unspecified atom stereocenters. The fourth-order valence-electron chi connectivity index (χ4n) is 2.86. The SMILES string of the molecule is COc1cccc(CNC(=O)[C@@H]2CC[C@H](C(=O)O)C2)c1OC. The monoisotopic (exact) mass is 307 g/mol. The number of hydrogen-bond donors (Lipinski definition) is 2. The van der Waals surface area contributed by atoms with Crippen molar-refractivity contribution < 1.29 is 24.2 Å². The summed E-state index contributed by atoms with van der Waals surface area (Å²) in [5, 5.41) is 11.8. The number of carboxylic acids is 1. The van der Waals surface area contributed by atoms with Gasteiger partial charge in [-0.25, -0.2) is 0 Å². The van der Waals surface area contributed by atoms with Crippen molar-refractivity contribution >= 4 is 11.9 Å². The van der Waals surface area contributed by atoms with Gasteiger partial charge in [-0.2, -0.15) is 0 Å². The Morgan fingerprint density at radius 1 is 1.23 bits per heavy atom. The highest BCUT2D eigenvalue weighted by Gasteiger charge is 2.33. The smallest absolute Gasteiger partial charge is 0.306 e. The summed E-state index contributed by atoms with van der Waals surface area (Å²) in [6.07, 6.45) is 1.60. The number of methoxy groups -OCH3 is 2. The van der Waals surface area contributed by atoms with Gasteiger partial charge in [0.2, 0.25) is 5.91 Å². The van der Waals surface area contributed by atoms with E-state index >= 15 is 0 Å². The lowest BCUT2D eigenvalue weighted by Crippen LogP contribution is -2.29. The van der Waals surface area contributed by atoms with Crippen LogP contribution in [0.25, 0.3) is 0 Å². The lowest BCUT2D eigenvalue weighted by atomic mass is 10.0. The van der Waals surface area contributed by atoms with Crippen LogP contribution in [0.3, 0.4) is 0 Å². The minimum absolute atomic E-state index is 0.103. The van der Waals surface area contributed by atoms with Crippen molar-refractivity contribution in [3.63, 3.8) is 0 Å². The third kappa shape index (κ3) is 3.50. The van der Waals surface area contributed by atoms with Gasteiger partial charge in [0.05, 0.1) is 20.1 Å². The summed E-state index contributed by atoms with van der Waals surface area (Å²) in [7, 11) is 3.11. The highest BCUT2D eigenvalue weighted by Crippen LogP contribution is 2.32. The second-order valence-corrected chi connectivity index (χ2v) is 5.42. The maximum atomic E-state index is 12.2. The summed E-state index contributed by atoms with van der Waals surface area (Å²) < 4.78 is 10.5. The molecule has 0 aromatic heterocycles. The number of amides is 1. The average molecular weight is 307 g/mol. The third-order valence-electron chi connectivity index (χ3n) is 4.09. The van der Waals surface area contributed by atoms with Crippen LogP contribution in [-0.4, -0.2) is 31.2 Å². The minimum Gasteiger partial charge on any atom is -0.493 e. The van der Waals surface area contributed by atoms with E-state index in [9.17, 15) is 9.59 Å². The molecule has 120 valence electrons. The largest absolute Gasteiger partial charge is 0.493 e. The van der Waals surface area contributed by atoms with Crippen LogP contribution in [0.4, 0.5) is 0 Å². The van der Waals surface area contributed by atoms with Gasteiger partial charge in [-0.15, -0.1) is 0 Å². The molecule has 2 N–H and O–H groups in total. The standard InChI is InChI=1S/C16H21NO5/c1-21-13-5-3-4-12(14(13)22-2)9-17-15(18)10-6-7-11(8-10)16(19)20/h3-5,10-11H,6-9H2,1-2H3,(H,17,18)(H,19,20)/t10-,11+/m1/s1. The summed E-state index contributed by atoms with van der Waals surface area (Å²) in [4.78, 5) is 23.1. The van der Waals surface area contributed by atoms with E-state index in [-0.39, 0.29) is 11.8 Å². The molecule has 1 aromatic rings. The highest BCUT2D eigenvalue weighted by molar-refractivity contribution is 5.80. The van der Waals surface area contributed by atoms with Crippen LogP contribution in [0.5, 0.6) is 11.5 Å². The first-order chi connectivity index (χ1) is 10.6. The lowest BCUT2D eigenvalue weighted by molar-refractivity contribution is -0.141. The molecule has 0 radical (unpaired) electrons. The van der Waals surface area contributed by atoms with E-state index in [1.165, 1.54) is 0 Å². The zero-order valence-electron chi connectivity index (χ0n) is 12.8. The molecule has 1 aliphatic carbocycles. The summed E-state index contributed by atoms with van der Waals surface area (Å²) in [5.41, 5.74) is 0.822. The van der Waals surface area contributed by atoms with Crippen LogP contribution in [-0.2, 0) is 16.1 Å². The number of ether oxygens (including phenoxy) is 2. The Kier molecular flexibility index (Phi) is 5.25. The zero-order valence-corrected chi connectivity index (χ0v) is 12.8. The van der Waals surface area contributed by atoms with Gasteiger partial charge in [0, 0.05) is 18.0 Å². The van der Waals surface area contributed by atoms with Crippen molar-refractivity contribution in [2.75, 3.05) is 14.2 Å². The maximum Gasteiger partial charge on any atom is 0.306 e. The van der Waals surface area contributed by atoms with Gasteiger partial charge >= 0.3 is 5.97 Å². The first-order valence-electron chi connectivity index (χ1n) is 7.27. The first kappa shape index (κ1) is 16.1. The molecule has 1 saturated carbocycles. The van der Waals surface area contributed by atoms with E-state index in [0.717, 1.165) is 5.56 Å². The van der Waals surface area contributed by atoms with Crippen molar-refractivity contribution in [1.82, 2.24) is 5.32 Å². The normalized spacial score (nSPS) is 20.5. The second-order valence-electron chi connectivity index (χ2n) is 5.42. The minimum atomic E-state index is -0.815. The van der Waals surface area contributed by atoms with Crippen molar-refractivity contribution in [3.05, 3.63) is 23.8 Å². The Morgan fingerprint density at radius 3 is 2.55 bits per heavy atom. The molecule has 1 amide bonds. The van der Waals surface area contributed by atoms with E-state index in [1.807, 2.05) is 12.1 Å². The number of nitrogens with one attached hydrogen (secondary N) is 1. The molecule has 1 aromatic carbocycles. The van der Waals surface area contributed by atoms with Gasteiger partial charge in [0.15, 0.2) is 11.5 Å². The summed E-state index contributed by atoms with van der Waals surface area (Å²) in [6.45, 7) is 0.327. The molecule has 6 nitrogen and oxygen atoms in total. The topological polar surface area (TPSA) is 84.9 Å². The number of hydrogen-bond acceptors (Lipinski definition) is 4. The zero-order chi connectivity index (χ0) is 16.1. The summed E-state index contributed by atoms with van der Waals surface area (Å²) in [6, 6.07) is 5.48. The molecule has 0 spiro atoms. The second kappa shape index (κ2) is 7.15. The van der Waals surface area contributed by atoms with Crippen LogP contribution in [0.2, 0.25) is 0 Å². The van der Waals surface area contributed by atoms with E-state index < -0.39 is 11.9 Å². The Bertz CT molecular complexity index is 557. The molecule has 22 heavy (non-hydrogen) atoms. The van der Waals surface area contributed by atoms with Gasteiger partial charge in [-0.1, -0.05) is 12.1 Å². The van der Waals surface area contributed by atoms with Crippen LogP contribution < -0.4 is 14.8 Å². The van der Waals surface area contributed by atoms with Crippen molar-refractivity contribution in [2.24, 2.45) is 11.8 Å². The van der Waals surface area contributed by atoms with Gasteiger partial charge in [-0.05, 0) is 25.3 Å². The van der Waals surface area contributed by atoms with E-state index in [4.69, 9.17) is 14.6 Å². The fraction of sp³-hybridized carbons (Fsp3) is 0.500. The fourth-order valence-corrected chi connectivity index (χ4v) is 2.86. The Labute approximate surface area is 129 Å². The Hall–Kier alpha value is -2.24. The van der Waals surface area contributed by atoms with Gasteiger partial charge < -0.3 is 19.9 Å². The molecule has 0 bridgehead atoms.